The fourth-order valence-electron chi connectivity index (χ4n) is 4.31. The Kier molecular flexibility index (Phi) is 2.86. The van der Waals surface area contributed by atoms with E-state index in [0.717, 1.165) is 48.8 Å². The molecule has 0 saturated heterocycles. The number of H-pyrrole nitrogens is 1. The van der Waals surface area contributed by atoms with E-state index in [1.165, 1.54) is 0 Å². The summed E-state index contributed by atoms with van der Waals surface area (Å²) in [5, 5.41) is 0. The summed E-state index contributed by atoms with van der Waals surface area (Å²) < 4.78 is 5.15. The lowest BCUT2D eigenvalue weighted by Crippen LogP contribution is -1.90. The fraction of sp³-hybridized carbons (Fsp3) is 0. The lowest BCUT2D eigenvalue weighted by atomic mass is 10.1. The van der Waals surface area contributed by atoms with Crippen LogP contribution in [0.2, 0.25) is 0 Å². The minimum Gasteiger partial charge on any atom is -0.335 e. The van der Waals surface area contributed by atoms with Crippen LogP contribution in [-0.2, 0) is 0 Å². The molecule has 1 N–H and O–H groups in total. The molecule has 10 heteroatoms. The normalized spacial score (nSPS) is 12.4. The van der Waals surface area contributed by atoms with Gasteiger partial charge in [0.2, 0.25) is 5.78 Å². The van der Waals surface area contributed by atoms with Crippen LogP contribution in [-0.4, -0.2) is 43.7 Å². The first-order chi connectivity index (χ1) is 15.8. The summed E-state index contributed by atoms with van der Waals surface area (Å²) in [7, 11) is 0. The maximum atomic E-state index is 4.72. The maximum Gasteiger partial charge on any atom is 0.238 e. The van der Waals surface area contributed by atoms with Crippen molar-refractivity contribution in [2.45, 2.75) is 0 Å². The Balaban J connectivity index is 1.32. The monoisotopic (exact) mass is 433 g/mol. The number of para-hydroxylation sites is 2. The Bertz CT molecular complexity index is 1860. The summed E-state index contributed by atoms with van der Waals surface area (Å²) in [5.41, 5.74) is 7.78. The minimum absolute atomic E-state index is 0.644. The van der Waals surface area contributed by atoms with E-state index in [4.69, 9.17) is 4.98 Å². The van der Waals surface area contributed by atoms with E-state index in [2.05, 4.69) is 52.5 Å². The van der Waals surface area contributed by atoms with Crippen molar-refractivity contribution in [1.29, 1.82) is 0 Å². The molecular weight excluding hydrogens is 422 g/mol. The van der Waals surface area contributed by atoms with Crippen molar-refractivity contribution < 1.29 is 0 Å². The molecule has 6 heterocycles. The van der Waals surface area contributed by atoms with Gasteiger partial charge >= 0.3 is 0 Å². The number of aromatic amines is 1. The zero-order valence-electron chi connectivity index (χ0n) is 16.3. The molecule has 0 amide bonds. The average Bonchev–Trinajstić information content (AvgIpc) is 3.54. The number of aromatic nitrogens is 9. The number of fused-ring (bicyclic) bond motifs is 10. The second kappa shape index (κ2) is 5.62. The van der Waals surface area contributed by atoms with Gasteiger partial charge in [-0.1, -0.05) is 29.5 Å². The third-order valence-electron chi connectivity index (χ3n) is 5.73. The Hall–Kier alpha value is -4.44. The number of thiazole rings is 1. The molecule has 150 valence electrons. The van der Waals surface area contributed by atoms with E-state index in [-0.39, 0.29) is 0 Å². The highest BCUT2D eigenvalue weighted by Crippen LogP contribution is 2.32. The molecule has 9 nitrogen and oxygen atoms in total. The van der Waals surface area contributed by atoms with Gasteiger partial charge in [0.25, 0.3) is 0 Å². The van der Waals surface area contributed by atoms with Crippen LogP contribution in [0.15, 0.2) is 61.1 Å². The average molecular weight is 433 g/mol. The smallest absolute Gasteiger partial charge is 0.238 e. The largest absolute Gasteiger partial charge is 0.335 e. The molecule has 0 radical (unpaired) electrons. The van der Waals surface area contributed by atoms with Crippen molar-refractivity contribution in [2.75, 3.05) is 0 Å². The summed E-state index contributed by atoms with van der Waals surface area (Å²) in [4.78, 5) is 31.7. The van der Waals surface area contributed by atoms with Gasteiger partial charge in [-0.15, -0.1) is 0 Å². The van der Waals surface area contributed by atoms with Crippen LogP contribution in [0, 0.1) is 0 Å². The first kappa shape index (κ1) is 16.3. The molecule has 2 aromatic carbocycles. The Labute approximate surface area is 182 Å². The molecule has 0 bridgehead atoms. The molecule has 0 aliphatic rings. The lowest BCUT2D eigenvalue weighted by molar-refractivity contribution is 1.22. The summed E-state index contributed by atoms with van der Waals surface area (Å²) in [6.07, 6.45) is 5.20. The topological polar surface area (TPSA) is 102 Å². The van der Waals surface area contributed by atoms with Crippen molar-refractivity contribution in [3.63, 3.8) is 0 Å². The molecule has 0 aliphatic carbocycles. The molecule has 0 saturated carbocycles. The number of nitrogens with zero attached hydrogens (tertiary/aromatic N) is 8. The third-order valence-corrected chi connectivity index (χ3v) is 6.73. The van der Waals surface area contributed by atoms with Crippen molar-refractivity contribution in [1.82, 2.24) is 43.7 Å². The van der Waals surface area contributed by atoms with Gasteiger partial charge in [0, 0.05) is 18.0 Å². The van der Waals surface area contributed by atoms with Crippen LogP contribution in [0.25, 0.3) is 65.8 Å². The van der Waals surface area contributed by atoms with Gasteiger partial charge in [-0.3, -0.25) is 8.80 Å². The van der Waals surface area contributed by atoms with Gasteiger partial charge in [-0.25, -0.2) is 19.9 Å². The second-order valence-electron chi connectivity index (χ2n) is 7.53. The number of rotatable bonds is 1. The minimum atomic E-state index is 0.644. The molecular formula is C22H11N9S. The highest BCUT2D eigenvalue weighted by Gasteiger charge is 2.16. The molecule has 8 rings (SSSR count). The van der Waals surface area contributed by atoms with E-state index in [9.17, 15) is 0 Å². The predicted molar refractivity (Wildman–Crippen MR) is 123 cm³/mol. The zero-order valence-corrected chi connectivity index (χ0v) is 17.1. The van der Waals surface area contributed by atoms with Crippen LogP contribution >= 0.6 is 11.3 Å². The van der Waals surface area contributed by atoms with E-state index < -0.39 is 0 Å². The van der Waals surface area contributed by atoms with Crippen LogP contribution < -0.4 is 0 Å². The Morgan fingerprint density at radius 1 is 0.812 bits per heavy atom. The van der Waals surface area contributed by atoms with Gasteiger partial charge in [0.05, 0.1) is 33.1 Å². The zero-order chi connectivity index (χ0) is 20.8. The van der Waals surface area contributed by atoms with Crippen LogP contribution in [0.3, 0.4) is 0 Å². The van der Waals surface area contributed by atoms with Crippen LogP contribution in [0.5, 0.6) is 0 Å². The van der Waals surface area contributed by atoms with Gasteiger partial charge < -0.3 is 4.98 Å². The Morgan fingerprint density at radius 2 is 1.75 bits per heavy atom. The van der Waals surface area contributed by atoms with Gasteiger partial charge in [0.1, 0.15) is 0 Å². The van der Waals surface area contributed by atoms with E-state index in [0.29, 0.717) is 17.1 Å². The van der Waals surface area contributed by atoms with Crippen molar-refractivity contribution in [3.8, 4) is 11.3 Å². The number of hydrogen-bond donors (Lipinski definition) is 1. The lowest BCUT2D eigenvalue weighted by Gasteiger charge is -2.03. The summed E-state index contributed by atoms with van der Waals surface area (Å²) in [6, 6.07) is 14.3. The number of benzene rings is 2. The maximum absolute atomic E-state index is 4.72. The van der Waals surface area contributed by atoms with Gasteiger partial charge in [0.15, 0.2) is 27.5 Å². The number of imidazole rings is 3. The molecule has 0 fully saturated rings. The van der Waals surface area contributed by atoms with E-state index in [1.54, 1.807) is 23.7 Å². The van der Waals surface area contributed by atoms with Gasteiger partial charge in [-0.05, 0) is 24.3 Å². The van der Waals surface area contributed by atoms with Crippen molar-refractivity contribution >= 4 is 65.9 Å². The summed E-state index contributed by atoms with van der Waals surface area (Å²) in [5.74, 6) is 0.644. The molecule has 0 atom stereocenters. The van der Waals surface area contributed by atoms with E-state index in [1.807, 2.05) is 34.9 Å². The van der Waals surface area contributed by atoms with Crippen molar-refractivity contribution in [2.24, 2.45) is 0 Å². The molecule has 8 aromatic rings. The third kappa shape index (κ3) is 2.01. The van der Waals surface area contributed by atoms with E-state index >= 15 is 0 Å². The second-order valence-corrected chi connectivity index (χ2v) is 8.54. The van der Waals surface area contributed by atoms with Crippen molar-refractivity contribution in [3.05, 3.63) is 61.1 Å². The van der Waals surface area contributed by atoms with Gasteiger partial charge in [-0.2, -0.15) is 9.97 Å². The molecule has 0 aliphatic heterocycles. The fourth-order valence-corrected chi connectivity index (χ4v) is 5.37. The molecule has 32 heavy (non-hydrogen) atoms. The summed E-state index contributed by atoms with van der Waals surface area (Å²) >= 11 is 1.61. The quantitative estimate of drug-likeness (QED) is 0.416. The number of nitrogens with one attached hydrogen (secondary N) is 1. The highest BCUT2D eigenvalue weighted by molar-refractivity contribution is 7.23. The molecule has 6 aromatic heterocycles. The summed E-state index contributed by atoms with van der Waals surface area (Å²) in [6.45, 7) is 0. The SMILES string of the molecule is c1ccc2c(c1)nc1nc3[nH]c(-c4ccc5c(c4)sc4nc6nccnc6n45)cnc3n12. The predicted octanol–water partition coefficient (Wildman–Crippen LogP) is 4.23. The first-order valence-corrected chi connectivity index (χ1v) is 10.8. The number of hydrogen-bond acceptors (Lipinski definition) is 7. The van der Waals surface area contributed by atoms with Crippen LogP contribution in [0.4, 0.5) is 0 Å². The highest BCUT2D eigenvalue weighted by atomic mass is 32.1. The first-order valence-electron chi connectivity index (χ1n) is 9.97. The Morgan fingerprint density at radius 3 is 2.75 bits per heavy atom. The molecule has 0 spiro atoms. The van der Waals surface area contributed by atoms with Crippen LogP contribution in [0.1, 0.15) is 0 Å². The molecule has 0 unspecified atom stereocenters. The standard InChI is InChI=1S/C22H11N9S/c1-2-4-14-12(3-1)27-21-28-18-20(30(14)21)25-10-13(26-18)11-5-6-15-16(9-11)32-22-29-17-19(31(15)22)24-8-7-23-17/h1-10H,(H,26,27,28).